The molecule has 0 radical (unpaired) electrons. The number of carbonyl (C=O) groups is 1. The average Bonchev–Trinajstić information content (AvgIpc) is 3.34. The second kappa shape index (κ2) is 8.33. The van der Waals surface area contributed by atoms with Crippen molar-refractivity contribution in [2.24, 2.45) is 0 Å². The van der Waals surface area contributed by atoms with Crippen molar-refractivity contribution >= 4 is 17.3 Å². The minimum atomic E-state index is -0.0988. The number of benzene rings is 1. The number of nitrogens with zero attached hydrogens (tertiary/aromatic N) is 3. The van der Waals surface area contributed by atoms with Crippen LogP contribution >= 0.6 is 0 Å². The zero-order valence-electron chi connectivity index (χ0n) is 14.9. The van der Waals surface area contributed by atoms with Gasteiger partial charge in [-0.2, -0.15) is 4.98 Å². The predicted molar refractivity (Wildman–Crippen MR) is 99.0 cm³/mol. The highest BCUT2D eigenvalue weighted by Crippen LogP contribution is 2.19. The second-order valence-electron chi connectivity index (χ2n) is 5.76. The van der Waals surface area contributed by atoms with Crippen molar-refractivity contribution in [3.05, 3.63) is 48.6 Å². The summed E-state index contributed by atoms with van der Waals surface area (Å²) in [6, 6.07) is 11.3. The Morgan fingerprint density at radius 2 is 1.92 bits per heavy atom. The number of furan rings is 1. The molecule has 0 aliphatic heterocycles. The molecule has 0 aliphatic carbocycles. The van der Waals surface area contributed by atoms with Crippen molar-refractivity contribution in [2.45, 2.75) is 26.7 Å². The van der Waals surface area contributed by atoms with E-state index in [9.17, 15) is 4.79 Å². The van der Waals surface area contributed by atoms with Crippen LogP contribution < -0.4 is 10.2 Å². The molecule has 3 aromatic rings. The number of nitrogens with one attached hydrogen (secondary N) is 1. The van der Waals surface area contributed by atoms with Crippen LogP contribution in [0.15, 0.2) is 51.6 Å². The first-order valence-electron chi connectivity index (χ1n) is 8.71. The van der Waals surface area contributed by atoms with Gasteiger partial charge in [0.15, 0.2) is 5.76 Å². The number of aromatic nitrogens is 2. The van der Waals surface area contributed by atoms with Crippen molar-refractivity contribution in [2.75, 3.05) is 23.3 Å². The van der Waals surface area contributed by atoms with E-state index in [-0.39, 0.29) is 12.3 Å². The third-order valence-electron chi connectivity index (χ3n) is 4.06. The lowest BCUT2D eigenvalue weighted by molar-refractivity contribution is -0.116. The Kier molecular flexibility index (Phi) is 5.68. The molecule has 1 amide bonds. The normalized spacial score (nSPS) is 10.7. The molecule has 0 spiro atoms. The first-order chi connectivity index (χ1) is 12.7. The topological polar surface area (TPSA) is 84.4 Å². The summed E-state index contributed by atoms with van der Waals surface area (Å²) in [4.78, 5) is 18.6. The Bertz CT molecular complexity index is 821. The predicted octanol–water partition coefficient (Wildman–Crippen LogP) is 3.75. The summed E-state index contributed by atoms with van der Waals surface area (Å²) in [7, 11) is 0. The van der Waals surface area contributed by atoms with Gasteiger partial charge in [-0.25, -0.2) is 0 Å². The van der Waals surface area contributed by atoms with E-state index in [2.05, 4.69) is 34.2 Å². The Balaban J connectivity index is 1.51. The molecule has 0 saturated carbocycles. The fourth-order valence-corrected chi connectivity index (χ4v) is 2.65. The van der Waals surface area contributed by atoms with Crippen molar-refractivity contribution in [3.63, 3.8) is 0 Å². The Labute approximate surface area is 152 Å². The summed E-state index contributed by atoms with van der Waals surface area (Å²) in [5, 5.41) is 6.73. The van der Waals surface area contributed by atoms with Gasteiger partial charge in [0.25, 0.3) is 0 Å². The van der Waals surface area contributed by atoms with Gasteiger partial charge >= 0.3 is 0 Å². The molecule has 0 unspecified atom stereocenters. The first kappa shape index (κ1) is 17.7. The van der Waals surface area contributed by atoms with Gasteiger partial charge < -0.3 is 19.2 Å². The standard InChI is InChI=1S/C19H22N4O3/c1-3-23(4-2)15-9-7-14(8-10-15)20-17(24)11-12-18-21-19(22-26-18)16-6-5-13-25-16/h5-10,13H,3-4,11-12H2,1-2H3,(H,20,24). The molecule has 0 fully saturated rings. The molecule has 26 heavy (non-hydrogen) atoms. The molecule has 7 nitrogen and oxygen atoms in total. The Morgan fingerprint density at radius 1 is 1.15 bits per heavy atom. The van der Waals surface area contributed by atoms with Gasteiger partial charge in [-0.05, 0) is 50.2 Å². The van der Waals surface area contributed by atoms with Crippen LogP contribution in [0.3, 0.4) is 0 Å². The summed E-state index contributed by atoms with van der Waals surface area (Å²) in [6.45, 7) is 6.14. The summed E-state index contributed by atoms with van der Waals surface area (Å²) in [6.07, 6.45) is 2.18. The summed E-state index contributed by atoms with van der Waals surface area (Å²) < 4.78 is 10.4. The number of hydrogen-bond donors (Lipinski definition) is 1. The maximum Gasteiger partial charge on any atom is 0.238 e. The first-order valence-corrected chi connectivity index (χ1v) is 8.71. The lowest BCUT2D eigenvalue weighted by Gasteiger charge is -2.21. The molecule has 3 rings (SSSR count). The Hall–Kier alpha value is -3.09. The smallest absolute Gasteiger partial charge is 0.238 e. The van der Waals surface area contributed by atoms with Crippen LogP contribution in [0.2, 0.25) is 0 Å². The van der Waals surface area contributed by atoms with Crippen molar-refractivity contribution in [1.29, 1.82) is 0 Å². The molecule has 0 aliphatic rings. The van der Waals surface area contributed by atoms with Gasteiger partial charge in [0.05, 0.1) is 6.26 Å². The minimum absolute atomic E-state index is 0.0988. The average molecular weight is 354 g/mol. The third kappa shape index (κ3) is 4.30. The SMILES string of the molecule is CCN(CC)c1ccc(NC(=O)CCc2nc(-c3ccco3)no2)cc1. The van der Waals surface area contributed by atoms with Crippen molar-refractivity contribution in [1.82, 2.24) is 10.1 Å². The zero-order chi connectivity index (χ0) is 18.4. The van der Waals surface area contributed by atoms with E-state index >= 15 is 0 Å². The second-order valence-corrected chi connectivity index (χ2v) is 5.76. The molecule has 1 N–H and O–H groups in total. The zero-order valence-corrected chi connectivity index (χ0v) is 14.9. The highest BCUT2D eigenvalue weighted by molar-refractivity contribution is 5.90. The number of hydrogen-bond acceptors (Lipinski definition) is 6. The van der Waals surface area contributed by atoms with Gasteiger partial charge in [0, 0.05) is 37.3 Å². The maximum atomic E-state index is 12.1. The van der Waals surface area contributed by atoms with Gasteiger partial charge in [-0.15, -0.1) is 0 Å². The fourth-order valence-electron chi connectivity index (χ4n) is 2.65. The van der Waals surface area contributed by atoms with Gasteiger partial charge in [-0.1, -0.05) is 5.16 Å². The van der Waals surface area contributed by atoms with Crippen molar-refractivity contribution < 1.29 is 13.7 Å². The number of aryl methyl sites for hydroxylation is 1. The lowest BCUT2D eigenvalue weighted by Crippen LogP contribution is -2.21. The molecule has 0 bridgehead atoms. The highest BCUT2D eigenvalue weighted by Gasteiger charge is 2.12. The molecular formula is C19H22N4O3. The van der Waals surface area contributed by atoms with Crippen LogP contribution in [0.1, 0.15) is 26.2 Å². The number of amides is 1. The minimum Gasteiger partial charge on any atom is -0.461 e. The van der Waals surface area contributed by atoms with E-state index in [0.29, 0.717) is 23.9 Å². The summed E-state index contributed by atoms with van der Waals surface area (Å²) >= 11 is 0. The van der Waals surface area contributed by atoms with Crippen LogP contribution in [0.5, 0.6) is 0 Å². The van der Waals surface area contributed by atoms with Crippen LogP contribution in [-0.2, 0) is 11.2 Å². The molecule has 1 aromatic carbocycles. The maximum absolute atomic E-state index is 12.1. The van der Waals surface area contributed by atoms with Crippen molar-refractivity contribution in [3.8, 4) is 11.6 Å². The number of carbonyl (C=O) groups excluding carboxylic acids is 1. The van der Waals surface area contributed by atoms with E-state index < -0.39 is 0 Å². The summed E-state index contributed by atoms with van der Waals surface area (Å²) in [5.74, 6) is 1.23. The molecule has 0 atom stereocenters. The molecule has 0 saturated heterocycles. The van der Waals surface area contributed by atoms with E-state index in [1.165, 1.54) is 0 Å². The van der Waals surface area contributed by atoms with Gasteiger partial charge in [0.1, 0.15) is 0 Å². The third-order valence-corrected chi connectivity index (χ3v) is 4.06. The van der Waals surface area contributed by atoms with E-state index in [1.54, 1.807) is 18.4 Å². The largest absolute Gasteiger partial charge is 0.461 e. The van der Waals surface area contributed by atoms with Crippen LogP contribution in [0, 0.1) is 0 Å². The quantitative estimate of drug-likeness (QED) is 0.663. The number of rotatable bonds is 8. The molecule has 7 heteroatoms. The van der Waals surface area contributed by atoms with E-state index in [0.717, 1.165) is 24.5 Å². The van der Waals surface area contributed by atoms with Crippen LogP contribution in [0.4, 0.5) is 11.4 Å². The monoisotopic (exact) mass is 354 g/mol. The van der Waals surface area contributed by atoms with Gasteiger partial charge in [-0.3, -0.25) is 4.79 Å². The highest BCUT2D eigenvalue weighted by atomic mass is 16.5. The van der Waals surface area contributed by atoms with Gasteiger partial charge in [0.2, 0.25) is 17.6 Å². The molecule has 2 aromatic heterocycles. The van der Waals surface area contributed by atoms with Crippen LogP contribution in [-0.4, -0.2) is 29.1 Å². The lowest BCUT2D eigenvalue weighted by atomic mass is 10.2. The number of anilines is 2. The molecule has 136 valence electrons. The molecular weight excluding hydrogens is 332 g/mol. The van der Waals surface area contributed by atoms with E-state index in [1.807, 2.05) is 24.3 Å². The fraction of sp³-hybridized carbons (Fsp3) is 0.316. The van der Waals surface area contributed by atoms with Crippen LogP contribution in [0.25, 0.3) is 11.6 Å². The summed E-state index contributed by atoms with van der Waals surface area (Å²) in [5.41, 5.74) is 1.91. The van der Waals surface area contributed by atoms with E-state index in [4.69, 9.17) is 8.94 Å². The Morgan fingerprint density at radius 3 is 2.58 bits per heavy atom. The molecule has 2 heterocycles.